The van der Waals surface area contributed by atoms with Crippen LogP contribution in [0.25, 0.3) is 0 Å². The van der Waals surface area contributed by atoms with Crippen LogP contribution in [0.2, 0.25) is 0 Å². The third kappa shape index (κ3) is 2.60. The highest BCUT2D eigenvalue weighted by atomic mass is 19.3. The van der Waals surface area contributed by atoms with Crippen LogP contribution < -0.4 is 5.32 Å². The number of hydrogen-bond acceptors (Lipinski definition) is 2. The van der Waals surface area contributed by atoms with E-state index in [9.17, 15) is 13.6 Å². The number of rotatable bonds is 3. The Labute approximate surface area is 139 Å². The number of nitrogens with one attached hydrogen (secondary N) is 2. The van der Waals surface area contributed by atoms with Crippen molar-refractivity contribution in [3.05, 3.63) is 46.3 Å². The number of carbonyl (C=O) groups excluding carboxylic acids is 1. The number of aromatic nitrogens is 2. The van der Waals surface area contributed by atoms with E-state index in [0.717, 1.165) is 12.0 Å². The van der Waals surface area contributed by atoms with Crippen LogP contribution >= 0.6 is 0 Å². The van der Waals surface area contributed by atoms with Crippen LogP contribution in [0.1, 0.15) is 72.4 Å². The molecule has 0 saturated carbocycles. The van der Waals surface area contributed by atoms with Gasteiger partial charge in [0.15, 0.2) is 0 Å². The standard InChI is InChI=1S/C18H21F2N3O/c1-9-8-18(3,4)11-6-5-7-12(13(9)11)21-17(24)14-10(2)22-23-15(14)16(19)20/h5-7,9,16H,8H2,1-4H3,(H,21,24)(H,22,23)/t9-/m1/s1. The van der Waals surface area contributed by atoms with E-state index in [1.54, 1.807) is 6.92 Å². The van der Waals surface area contributed by atoms with Gasteiger partial charge < -0.3 is 5.32 Å². The number of H-pyrrole nitrogens is 1. The molecule has 4 nitrogen and oxygen atoms in total. The van der Waals surface area contributed by atoms with Crippen molar-refractivity contribution in [3.63, 3.8) is 0 Å². The number of alkyl halides is 2. The van der Waals surface area contributed by atoms with Crippen LogP contribution in [-0.4, -0.2) is 16.1 Å². The van der Waals surface area contributed by atoms with Crippen LogP contribution in [0, 0.1) is 6.92 Å². The first-order chi connectivity index (χ1) is 11.2. The van der Waals surface area contributed by atoms with Gasteiger partial charge in [0.1, 0.15) is 5.69 Å². The minimum Gasteiger partial charge on any atom is -0.322 e. The first-order valence-electron chi connectivity index (χ1n) is 8.00. The Hall–Kier alpha value is -2.24. The molecule has 0 saturated heterocycles. The van der Waals surface area contributed by atoms with Crippen LogP contribution in [0.5, 0.6) is 0 Å². The second kappa shape index (κ2) is 5.69. The molecule has 1 atom stereocenters. The van der Waals surface area contributed by atoms with Crippen LogP contribution in [-0.2, 0) is 5.41 Å². The molecule has 0 spiro atoms. The Balaban J connectivity index is 1.98. The summed E-state index contributed by atoms with van der Waals surface area (Å²) in [4.78, 5) is 12.6. The summed E-state index contributed by atoms with van der Waals surface area (Å²) in [7, 11) is 0. The molecule has 0 aliphatic heterocycles. The molecule has 6 heteroatoms. The number of aryl methyl sites for hydroxylation is 1. The van der Waals surface area contributed by atoms with Crippen molar-refractivity contribution in [3.8, 4) is 0 Å². The van der Waals surface area contributed by atoms with Gasteiger partial charge in [-0.15, -0.1) is 0 Å². The molecule has 1 amide bonds. The molecule has 1 aliphatic carbocycles. The second-order valence-corrected chi connectivity index (χ2v) is 7.12. The van der Waals surface area contributed by atoms with Crippen molar-refractivity contribution < 1.29 is 13.6 Å². The van der Waals surface area contributed by atoms with E-state index in [-0.39, 0.29) is 11.0 Å². The highest BCUT2D eigenvalue weighted by Crippen LogP contribution is 2.48. The molecule has 2 N–H and O–H groups in total. The normalized spacial score (nSPS) is 18.7. The first-order valence-corrected chi connectivity index (χ1v) is 8.00. The van der Waals surface area contributed by atoms with E-state index in [2.05, 4.69) is 42.4 Å². The predicted octanol–water partition coefficient (Wildman–Crippen LogP) is 4.69. The smallest absolute Gasteiger partial charge is 0.282 e. The Morgan fingerprint density at radius 2 is 2.12 bits per heavy atom. The van der Waals surface area contributed by atoms with Gasteiger partial charge in [-0.3, -0.25) is 9.89 Å². The van der Waals surface area contributed by atoms with Gasteiger partial charge in [-0.2, -0.15) is 5.10 Å². The molecule has 0 radical (unpaired) electrons. The summed E-state index contributed by atoms with van der Waals surface area (Å²) in [5, 5.41) is 8.84. The van der Waals surface area contributed by atoms with E-state index in [1.807, 2.05) is 12.1 Å². The third-order valence-corrected chi connectivity index (χ3v) is 4.80. The highest BCUT2D eigenvalue weighted by molar-refractivity contribution is 6.06. The van der Waals surface area contributed by atoms with Crippen LogP contribution in [0.4, 0.5) is 14.5 Å². The number of hydrogen-bond donors (Lipinski definition) is 2. The molecule has 2 aromatic rings. The number of amides is 1. The zero-order valence-corrected chi connectivity index (χ0v) is 14.2. The Morgan fingerprint density at radius 1 is 1.42 bits per heavy atom. The minimum absolute atomic E-state index is 0.0369. The Bertz CT molecular complexity index is 796. The van der Waals surface area contributed by atoms with Crippen molar-refractivity contribution >= 4 is 11.6 Å². The number of halogens is 2. The molecule has 1 aromatic carbocycles. The fraction of sp³-hybridized carbons (Fsp3) is 0.444. The summed E-state index contributed by atoms with van der Waals surface area (Å²) < 4.78 is 26.1. The molecule has 1 aromatic heterocycles. The number of nitrogens with zero attached hydrogens (tertiary/aromatic N) is 1. The fourth-order valence-electron chi connectivity index (χ4n) is 3.85. The minimum atomic E-state index is -2.80. The topological polar surface area (TPSA) is 57.8 Å². The van der Waals surface area contributed by atoms with E-state index in [4.69, 9.17) is 0 Å². The quantitative estimate of drug-likeness (QED) is 0.856. The number of anilines is 1. The zero-order valence-electron chi connectivity index (χ0n) is 14.2. The zero-order chi connectivity index (χ0) is 17.6. The fourth-order valence-corrected chi connectivity index (χ4v) is 3.85. The summed E-state index contributed by atoms with van der Waals surface area (Å²) in [5.41, 5.74) is 2.77. The second-order valence-electron chi connectivity index (χ2n) is 7.12. The summed E-state index contributed by atoms with van der Waals surface area (Å²) in [6.45, 7) is 8.04. The van der Waals surface area contributed by atoms with E-state index < -0.39 is 18.0 Å². The van der Waals surface area contributed by atoms with Gasteiger partial charge in [-0.25, -0.2) is 8.78 Å². The van der Waals surface area contributed by atoms with Crippen molar-refractivity contribution in [2.45, 2.75) is 51.9 Å². The Kier molecular flexibility index (Phi) is 3.94. The molecule has 0 bridgehead atoms. The lowest BCUT2D eigenvalue weighted by molar-refractivity contribution is 0.101. The van der Waals surface area contributed by atoms with E-state index in [0.29, 0.717) is 17.3 Å². The molecule has 24 heavy (non-hydrogen) atoms. The van der Waals surface area contributed by atoms with Crippen molar-refractivity contribution in [1.82, 2.24) is 10.2 Å². The van der Waals surface area contributed by atoms with Gasteiger partial charge in [0.2, 0.25) is 0 Å². The molecule has 1 heterocycles. The average molecular weight is 333 g/mol. The third-order valence-electron chi connectivity index (χ3n) is 4.80. The molecule has 1 aliphatic rings. The van der Waals surface area contributed by atoms with Gasteiger partial charge in [0.25, 0.3) is 12.3 Å². The SMILES string of the molecule is Cc1[nH]nc(C(F)F)c1C(=O)Nc1cccc2c1[C@H](C)CC2(C)C. The summed E-state index contributed by atoms with van der Waals surface area (Å²) in [6.07, 6.45) is -1.81. The maximum absolute atomic E-state index is 13.1. The summed E-state index contributed by atoms with van der Waals surface area (Å²) >= 11 is 0. The molecule has 0 unspecified atom stereocenters. The van der Waals surface area contributed by atoms with Crippen molar-refractivity contribution in [2.24, 2.45) is 0 Å². The lowest BCUT2D eigenvalue weighted by Crippen LogP contribution is -2.16. The van der Waals surface area contributed by atoms with E-state index >= 15 is 0 Å². The average Bonchev–Trinajstić information content (AvgIpc) is 2.98. The molecule has 128 valence electrons. The monoisotopic (exact) mass is 333 g/mol. The van der Waals surface area contributed by atoms with Gasteiger partial charge in [-0.05, 0) is 41.9 Å². The number of benzene rings is 1. The molecular weight excluding hydrogens is 312 g/mol. The lowest BCUT2D eigenvalue weighted by Gasteiger charge is -2.19. The largest absolute Gasteiger partial charge is 0.322 e. The summed E-state index contributed by atoms with van der Waals surface area (Å²) in [6, 6.07) is 5.79. The van der Waals surface area contributed by atoms with Crippen molar-refractivity contribution in [2.75, 3.05) is 5.32 Å². The maximum Gasteiger partial charge on any atom is 0.282 e. The molecular formula is C18H21F2N3O. The van der Waals surface area contributed by atoms with Gasteiger partial charge in [-0.1, -0.05) is 32.9 Å². The maximum atomic E-state index is 13.1. The van der Waals surface area contributed by atoms with Gasteiger partial charge in [0.05, 0.1) is 5.56 Å². The molecule has 0 fully saturated rings. The lowest BCUT2D eigenvalue weighted by atomic mass is 9.86. The van der Waals surface area contributed by atoms with Crippen LogP contribution in [0.15, 0.2) is 18.2 Å². The van der Waals surface area contributed by atoms with Crippen LogP contribution in [0.3, 0.4) is 0 Å². The Morgan fingerprint density at radius 3 is 2.79 bits per heavy atom. The summed E-state index contributed by atoms with van der Waals surface area (Å²) in [5.74, 6) is -0.256. The molecule has 3 rings (SSSR count). The first kappa shape index (κ1) is 16.6. The van der Waals surface area contributed by atoms with E-state index in [1.165, 1.54) is 5.56 Å². The highest BCUT2D eigenvalue weighted by Gasteiger charge is 2.36. The number of fused-ring (bicyclic) bond motifs is 1. The number of aromatic amines is 1. The predicted molar refractivity (Wildman–Crippen MR) is 88.7 cm³/mol. The van der Waals surface area contributed by atoms with Crippen molar-refractivity contribution in [1.29, 1.82) is 0 Å². The van der Waals surface area contributed by atoms with Gasteiger partial charge in [0, 0.05) is 11.4 Å². The number of carbonyl (C=O) groups is 1. The van der Waals surface area contributed by atoms with Gasteiger partial charge >= 0.3 is 0 Å².